The number of nitrogens with one attached hydrogen (secondary N) is 1. The van der Waals surface area contributed by atoms with Gasteiger partial charge in [-0.3, -0.25) is 9.36 Å². The number of anilines is 1. The number of hydrogen-bond acceptors (Lipinski definition) is 7. The van der Waals surface area contributed by atoms with E-state index in [1.807, 2.05) is 46.3 Å². The van der Waals surface area contributed by atoms with Crippen molar-refractivity contribution in [3.05, 3.63) is 65.0 Å². The number of rotatable bonds is 6. The van der Waals surface area contributed by atoms with Gasteiger partial charge in [0.05, 0.1) is 10.6 Å². The molecule has 0 atom stereocenters. The highest BCUT2D eigenvalue weighted by Gasteiger charge is 2.19. The highest BCUT2D eigenvalue weighted by atomic mass is 35.5. The van der Waals surface area contributed by atoms with Crippen LogP contribution in [0, 0.1) is 0 Å². The van der Waals surface area contributed by atoms with E-state index < -0.39 is 0 Å². The van der Waals surface area contributed by atoms with E-state index in [0.29, 0.717) is 27.4 Å². The Morgan fingerprint density at radius 2 is 1.97 bits per heavy atom. The topological polar surface area (TPSA) is 78.3 Å². The summed E-state index contributed by atoms with van der Waals surface area (Å²) in [6.45, 7) is 0.190. The van der Waals surface area contributed by atoms with Crippen LogP contribution in [-0.2, 0) is 4.79 Å². The average Bonchev–Trinajstić information content (AvgIpc) is 3.52. The van der Waals surface area contributed by atoms with E-state index in [4.69, 9.17) is 21.1 Å². The molecule has 0 saturated carbocycles. The zero-order valence-electron chi connectivity index (χ0n) is 15.9. The Morgan fingerprint density at radius 1 is 1.13 bits per heavy atom. The van der Waals surface area contributed by atoms with Crippen molar-refractivity contribution in [1.82, 2.24) is 14.8 Å². The van der Waals surface area contributed by atoms with E-state index in [9.17, 15) is 4.79 Å². The van der Waals surface area contributed by atoms with Crippen molar-refractivity contribution in [3.63, 3.8) is 0 Å². The second-order valence-corrected chi connectivity index (χ2v) is 8.83. The minimum Gasteiger partial charge on any atom is -0.454 e. The largest absolute Gasteiger partial charge is 0.454 e. The molecule has 0 spiro atoms. The van der Waals surface area contributed by atoms with Gasteiger partial charge in [0.15, 0.2) is 22.5 Å². The lowest BCUT2D eigenvalue weighted by Gasteiger charge is -2.10. The molecule has 3 heterocycles. The molecule has 2 aromatic carbocycles. The summed E-state index contributed by atoms with van der Waals surface area (Å²) in [7, 11) is 0. The van der Waals surface area contributed by atoms with Crippen LogP contribution >= 0.6 is 34.7 Å². The summed E-state index contributed by atoms with van der Waals surface area (Å²) in [5.74, 6) is 2.02. The number of thiophene rings is 1. The number of amides is 1. The molecule has 31 heavy (non-hydrogen) atoms. The monoisotopic (exact) mass is 470 g/mol. The summed E-state index contributed by atoms with van der Waals surface area (Å²) in [4.78, 5) is 13.5. The van der Waals surface area contributed by atoms with E-state index in [1.165, 1.54) is 11.8 Å². The third kappa shape index (κ3) is 4.25. The van der Waals surface area contributed by atoms with Crippen LogP contribution in [-0.4, -0.2) is 33.2 Å². The smallest absolute Gasteiger partial charge is 0.234 e. The molecule has 1 aliphatic heterocycles. The molecule has 0 unspecified atom stereocenters. The van der Waals surface area contributed by atoms with Crippen LogP contribution in [0.3, 0.4) is 0 Å². The zero-order valence-corrected chi connectivity index (χ0v) is 18.3. The van der Waals surface area contributed by atoms with Gasteiger partial charge in [0, 0.05) is 22.5 Å². The molecule has 0 aliphatic carbocycles. The van der Waals surface area contributed by atoms with Gasteiger partial charge in [0.1, 0.15) is 0 Å². The summed E-state index contributed by atoms with van der Waals surface area (Å²) in [6, 6.07) is 16.7. The standard InChI is InChI=1S/C21H15ClN4O3S2/c22-13-3-6-15(7-4-13)26-20(18-2-1-9-30-18)24-25-21(26)31-11-19(27)23-14-5-8-16-17(10-14)29-12-28-16/h1-10H,11-12H2,(H,23,27). The number of nitrogens with zero attached hydrogens (tertiary/aromatic N) is 3. The zero-order chi connectivity index (χ0) is 21.2. The molecule has 5 rings (SSSR count). The first-order valence-electron chi connectivity index (χ1n) is 9.25. The predicted octanol–water partition coefficient (Wildman–Crippen LogP) is 5.11. The van der Waals surface area contributed by atoms with Crippen molar-refractivity contribution >= 4 is 46.3 Å². The molecule has 0 radical (unpaired) electrons. The first-order chi connectivity index (χ1) is 15.2. The number of fused-ring (bicyclic) bond motifs is 1. The number of halogens is 1. The summed E-state index contributed by atoms with van der Waals surface area (Å²) in [5.41, 5.74) is 1.52. The molecule has 0 saturated heterocycles. The van der Waals surface area contributed by atoms with Crippen LogP contribution in [0.2, 0.25) is 5.02 Å². The van der Waals surface area contributed by atoms with Gasteiger partial charge in [-0.05, 0) is 47.8 Å². The van der Waals surface area contributed by atoms with Gasteiger partial charge < -0.3 is 14.8 Å². The third-order valence-corrected chi connectivity index (χ3v) is 6.50. The van der Waals surface area contributed by atoms with Crippen LogP contribution in [0.1, 0.15) is 0 Å². The van der Waals surface area contributed by atoms with Crippen LogP contribution in [0.4, 0.5) is 5.69 Å². The normalized spacial score (nSPS) is 12.2. The number of thioether (sulfide) groups is 1. The van der Waals surface area contributed by atoms with Gasteiger partial charge in [0.25, 0.3) is 0 Å². The maximum absolute atomic E-state index is 12.5. The van der Waals surface area contributed by atoms with Gasteiger partial charge in [0.2, 0.25) is 12.7 Å². The van der Waals surface area contributed by atoms with Crippen molar-refractivity contribution < 1.29 is 14.3 Å². The first kappa shape index (κ1) is 19.9. The van der Waals surface area contributed by atoms with Gasteiger partial charge in [-0.2, -0.15) is 0 Å². The third-order valence-electron chi connectivity index (χ3n) is 4.45. The fraction of sp³-hybridized carbons (Fsp3) is 0.0952. The quantitative estimate of drug-likeness (QED) is 0.394. The molecule has 0 fully saturated rings. The number of aromatic nitrogens is 3. The molecule has 4 aromatic rings. The number of carbonyl (C=O) groups excluding carboxylic acids is 1. The second-order valence-electron chi connectivity index (χ2n) is 6.50. The Morgan fingerprint density at radius 3 is 2.77 bits per heavy atom. The van der Waals surface area contributed by atoms with Crippen molar-refractivity contribution in [2.24, 2.45) is 0 Å². The van der Waals surface area contributed by atoms with Crippen LogP contribution in [0.15, 0.2) is 65.1 Å². The van der Waals surface area contributed by atoms with Crippen LogP contribution in [0.5, 0.6) is 11.5 Å². The molecule has 1 aliphatic rings. The van der Waals surface area contributed by atoms with Gasteiger partial charge in [-0.1, -0.05) is 29.4 Å². The Kier molecular flexibility index (Phi) is 5.54. The number of benzene rings is 2. The van der Waals surface area contributed by atoms with Gasteiger partial charge in [-0.15, -0.1) is 21.5 Å². The molecule has 2 aromatic heterocycles. The minimum absolute atomic E-state index is 0.160. The van der Waals surface area contributed by atoms with E-state index in [1.54, 1.807) is 29.5 Å². The molecule has 0 bridgehead atoms. The maximum Gasteiger partial charge on any atom is 0.234 e. The van der Waals surface area contributed by atoms with E-state index in [2.05, 4.69) is 15.5 Å². The van der Waals surface area contributed by atoms with Crippen molar-refractivity contribution in [2.45, 2.75) is 5.16 Å². The Balaban J connectivity index is 1.35. The lowest BCUT2D eigenvalue weighted by molar-refractivity contribution is -0.113. The summed E-state index contributed by atoms with van der Waals surface area (Å²) < 4.78 is 12.6. The van der Waals surface area contributed by atoms with Crippen LogP contribution in [0.25, 0.3) is 16.4 Å². The minimum atomic E-state index is -0.160. The number of ether oxygens (including phenoxy) is 2. The summed E-state index contributed by atoms with van der Waals surface area (Å²) >= 11 is 8.94. The van der Waals surface area contributed by atoms with Crippen molar-refractivity contribution in [1.29, 1.82) is 0 Å². The number of hydrogen-bond donors (Lipinski definition) is 1. The summed E-state index contributed by atoms with van der Waals surface area (Å²) in [6.07, 6.45) is 0. The summed E-state index contributed by atoms with van der Waals surface area (Å²) in [5, 5.41) is 14.8. The fourth-order valence-corrected chi connectivity index (χ4v) is 4.63. The van der Waals surface area contributed by atoms with Crippen molar-refractivity contribution in [2.75, 3.05) is 17.9 Å². The maximum atomic E-state index is 12.5. The lowest BCUT2D eigenvalue weighted by atomic mass is 10.3. The second kappa shape index (κ2) is 8.62. The molecular formula is C21H15ClN4O3S2. The lowest BCUT2D eigenvalue weighted by Crippen LogP contribution is -2.14. The van der Waals surface area contributed by atoms with Crippen molar-refractivity contribution in [3.8, 4) is 27.9 Å². The highest BCUT2D eigenvalue weighted by molar-refractivity contribution is 7.99. The van der Waals surface area contributed by atoms with Gasteiger partial charge >= 0.3 is 0 Å². The Hall–Kier alpha value is -3.01. The molecular weight excluding hydrogens is 456 g/mol. The predicted molar refractivity (Wildman–Crippen MR) is 122 cm³/mol. The molecule has 1 amide bonds. The molecule has 156 valence electrons. The SMILES string of the molecule is O=C(CSc1nnc(-c2cccs2)n1-c1ccc(Cl)cc1)Nc1ccc2c(c1)OCO2. The van der Waals surface area contributed by atoms with Gasteiger partial charge in [-0.25, -0.2) is 0 Å². The average molecular weight is 471 g/mol. The fourth-order valence-electron chi connectivity index (χ4n) is 3.05. The highest BCUT2D eigenvalue weighted by Crippen LogP contribution is 2.34. The molecule has 7 nitrogen and oxygen atoms in total. The van der Waals surface area contributed by atoms with E-state index in [-0.39, 0.29) is 18.5 Å². The Labute approximate surface area is 191 Å². The Bertz CT molecular complexity index is 1230. The number of carbonyl (C=O) groups is 1. The molecule has 1 N–H and O–H groups in total. The molecule has 10 heteroatoms. The van der Waals surface area contributed by atoms with E-state index in [0.717, 1.165) is 16.4 Å². The van der Waals surface area contributed by atoms with E-state index >= 15 is 0 Å². The first-order valence-corrected chi connectivity index (χ1v) is 11.5. The van der Waals surface area contributed by atoms with Crippen LogP contribution < -0.4 is 14.8 Å².